The molecule has 0 radical (unpaired) electrons. The van der Waals surface area contributed by atoms with Crippen LogP contribution in [-0.2, 0) is 10.3 Å². The van der Waals surface area contributed by atoms with Gasteiger partial charge in [0.25, 0.3) is 0 Å². The van der Waals surface area contributed by atoms with Crippen molar-refractivity contribution < 1.29 is 4.74 Å². The average Bonchev–Trinajstić information content (AvgIpc) is 2.65. The molecule has 3 rings (SSSR count). The molecule has 0 saturated carbocycles. The van der Waals surface area contributed by atoms with Crippen molar-refractivity contribution in [3.05, 3.63) is 73.1 Å². The van der Waals surface area contributed by atoms with Crippen LogP contribution in [0.5, 0.6) is 5.75 Å². The topological polar surface area (TPSA) is 59.7 Å². The predicted molar refractivity (Wildman–Crippen MR) is 103 cm³/mol. The van der Waals surface area contributed by atoms with Gasteiger partial charge in [-0.15, -0.1) is 4.40 Å². The fraction of sp³-hybridized carbons (Fsp3) is 0. The lowest BCUT2D eigenvalue weighted by Gasteiger charge is -1.99. The Morgan fingerprint density at radius 3 is 2.40 bits per heavy atom. The number of para-hydroxylation sites is 1. The normalized spacial score (nSPS) is 11.6. The van der Waals surface area contributed by atoms with Gasteiger partial charge in [-0.3, -0.25) is 0 Å². The lowest BCUT2D eigenvalue weighted by Crippen LogP contribution is -1.88. The zero-order valence-electron chi connectivity index (χ0n) is 13.1. The molecule has 0 fully saturated rings. The zero-order valence-corrected chi connectivity index (χ0v) is 14.7. The molecule has 124 valence electrons. The highest BCUT2D eigenvalue weighted by Crippen LogP contribution is 2.26. The number of hydrogen-bond donors (Lipinski definition) is 0. The third-order valence-electron chi connectivity index (χ3n) is 2.87. The summed E-state index contributed by atoms with van der Waals surface area (Å²) in [6.07, 6.45) is 4.75. The van der Waals surface area contributed by atoms with Gasteiger partial charge in [0.05, 0.1) is 5.69 Å². The molecule has 5 nitrogen and oxygen atoms in total. The van der Waals surface area contributed by atoms with E-state index in [0.717, 1.165) is 10.6 Å². The van der Waals surface area contributed by atoms with E-state index in [0.29, 0.717) is 10.9 Å². The van der Waals surface area contributed by atoms with Crippen molar-refractivity contribution in [3.63, 3.8) is 0 Å². The maximum Gasteiger partial charge on any atom is 0.193 e. The highest BCUT2D eigenvalue weighted by Gasteiger charge is 1.99. The fourth-order valence-electron chi connectivity index (χ4n) is 1.78. The summed E-state index contributed by atoms with van der Waals surface area (Å²) in [5.74, 6) is 0.702. The van der Waals surface area contributed by atoms with E-state index in [1.165, 1.54) is 18.2 Å². The van der Waals surface area contributed by atoms with Gasteiger partial charge in [0.15, 0.2) is 11.6 Å². The molecular weight excluding hydrogens is 352 g/mol. The maximum atomic E-state index is 5.89. The van der Waals surface area contributed by atoms with Gasteiger partial charge < -0.3 is 4.74 Å². The quantitative estimate of drug-likeness (QED) is 0.374. The van der Waals surface area contributed by atoms with Crippen molar-refractivity contribution in [2.45, 2.75) is 10.1 Å². The Bertz CT molecular complexity index is 970. The second-order valence-electron chi connectivity index (χ2n) is 4.65. The third-order valence-corrected chi connectivity index (χ3v) is 4.47. The molecule has 0 amide bonds. The molecule has 1 heterocycles. The van der Waals surface area contributed by atoms with Crippen molar-refractivity contribution in [1.29, 1.82) is 0 Å². The molecule has 1 aromatic heterocycles. The van der Waals surface area contributed by atoms with Crippen LogP contribution in [0.4, 0.5) is 5.69 Å². The summed E-state index contributed by atoms with van der Waals surface area (Å²) in [6.45, 7) is 0. The molecule has 25 heavy (non-hydrogen) atoms. The van der Waals surface area contributed by atoms with E-state index in [1.54, 1.807) is 18.5 Å². The summed E-state index contributed by atoms with van der Waals surface area (Å²) in [5, 5.41) is 0.702. The van der Waals surface area contributed by atoms with Crippen LogP contribution in [0.2, 0.25) is 0 Å². The number of benzene rings is 2. The molecule has 0 aliphatic carbocycles. The average molecular weight is 366 g/mol. The second kappa shape index (κ2) is 8.84. The lowest BCUT2D eigenvalue weighted by atomic mass is 10.3. The highest BCUT2D eigenvalue weighted by atomic mass is 32.2. The van der Waals surface area contributed by atoms with E-state index in [-0.39, 0.29) is 0 Å². The molecule has 0 spiro atoms. The Labute approximate surface area is 152 Å². The van der Waals surface area contributed by atoms with E-state index >= 15 is 0 Å². The molecule has 0 N–H and O–H groups in total. The summed E-state index contributed by atoms with van der Waals surface area (Å²) < 4.78 is 13.8. The van der Waals surface area contributed by atoms with Crippen molar-refractivity contribution in [2.24, 2.45) is 8.76 Å². The number of ether oxygens (including phenoxy) is 1. The van der Waals surface area contributed by atoms with Crippen LogP contribution < -0.4 is 4.74 Å². The number of hydrogen-bond acceptors (Lipinski definition) is 5. The number of rotatable bonds is 5. The van der Waals surface area contributed by atoms with Gasteiger partial charge in [-0.25, -0.2) is 9.97 Å². The minimum atomic E-state index is -1.00. The standard InChI is InChI=1S/C18H14N4OS2/c1-25(21-14-23-16-6-3-2-4-7-16)22-15-8-10-17(11-9-15)24-18-19-12-5-13-20-18/h1-14H. The summed E-state index contributed by atoms with van der Waals surface area (Å²) in [4.78, 5) is 9.39. The summed E-state index contributed by atoms with van der Waals surface area (Å²) in [6, 6.07) is 18.8. The van der Waals surface area contributed by atoms with Crippen molar-refractivity contribution in [1.82, 2.24) is 9.97 Å². The van der Waals surface area contributed by atoms with Crippen LogP contribution >= 0.6 is 11.8 Å². The van der Waals surface area contributed by atoms with Crippen molar-refractivity contribution in [3.8, 4) is 11.4 Å². The van der Waals surface area contributed by atoms with Crippen LogP contribution in [0.25, 0.3) is 0 Å². The van der Waals surface area contributed by atoms with E-state index < -0.39 is 10.3 Å². The largest absolute Gasteiger partial charge is 0.445 e. The molecule has 0 bridgehead atoms. The lowest BCUT2D eigenvalue weighted by molar-refractivity contribution is 0.576. The van der Waals surface area contributed by atoms with E-state index in [9.17, 15) is 0 Å². The number of aromatic nitrogens is 2. The van der Waals surface area contributed by atoms with Gasteiger partial charge in [0.1, 0.15) is 5.75 Å². The first-order valence-corrected chi connectivity index (χ1v) is 9.31. The highest BCUT2D eigenvalue weighted by molar-refractivity contribution is 7.99. The Hall–Kier alpha value is -2.86. The van der Waals surface area contributed by atoms with Gasteiger partial charge in [0, 0.05) is 27.6 Å². The maximum absolute atomic E-state index is 5.89. The van der Waals surface area contributed by atoms with Crippen LogP contribution in [0, 0.1) is 5.69 Å². The molecule has 0 saturated heterocycles. The van der Waals surface area contributed by atoms with Crippen LogP contribution in [0.15, 0.2) is 91.9 Å². The first-order chi connectivity index (χ1) is 12.3. The molecule has 7 heteroatoms. The number of nitrogens with zero attached hydrogens (tertiary/aromatic N) is 4. The fourth-order valence-corrected chi connectivity index (χ4v) is 3.00. The monoisotopic (exact) mass is 366 g/mol. The molecule has 0 atom stereocenters. The van der Waals surface area contributed by atoms with Gasteiger partial charge in [-0.1, -0.05) is 23.9 Å². The zero-order chi connectivity index (χ0) is 17.3. The van der Waals surface area contributed by atoms with Gasteiger partial charge >= 0.3 is 0 Å². The van der Waals surface area contributed by atoms with Crippen molar-refractivity contribution >= 4 is 34.1 Å². The van der Waals surface area contributed by atoms with E-state index in [2.05, 4.69) is 18.7 Å². The molecule has 0 aliphatic rings. The summed E-state index contributed by atoms with van der Waals surface area (Å²) in [7, 11) is -1.00. The predicted octanol–water partition coefficient (Wildman–Crippen LogP) is 4.67. The first kappa shape index (κ1) is 17.0. The first-order valence-electron chi connectivity index (χ1n) is 7.29. The smallest absolute Gasteiger partial charge is 0.193 e. The summed E-state index contributed by atoms with van der Waals surface area (Å²) in [5.41, 5.74) is 6.64. The molecule has 0 aliphatic heterocycles. The Morgan fingerprint density at radius 2 is 1.68 bits per heavy atom. The molecular formula is C18H14N4OS2. The Morgan fingerprint density at radius 1 is 0.960 bits per heavy atom. The van der Waals surface area contributed by atoms with Gasteiger partial charge in [-0.05, 0) is 54.2 Å². The third kappa shape index (κ3) is 5.61. The molecule has 3 aromatic rings. The van der Waals surface area contributed by atoms with Crippen LogP contribution in [-0.4, -0.2) is 16.4 Å². The SMILES string of the molecule is C#S(N=COc1ccccc1)=Nc1ccc(Sc2ncccn2)cc1. The Balaban J connectivity index is 1.60. The summed E-state index contributed by atoms with van der Waals surface area (Å²) >= 11 is 1.48. The minimum absolute atomic E-state index is 0.702. The van der Waals surface area contributed by atoms with Gasteiger partial charge in [0.2, 0.25) is 0 Å². The van der Waals surface area contributed by atoms with E-state index in [4.69, 9.17) is 10.4 Å². The van der Waals surface area contributed by atoms with Gasteiger partial charge in [-0.2, -0.15) is 4.36 Å². The van der Waals surface area contributed by atoms with Crippen molar-refractivity contribution in [2.75, 3.05) is 0 Å². The minimum Gasteiger partial charge on any atom is -0.445 e. The van der Waals surface area contributed by atoms with Crippen LogP contribution in [0.1, 0.15) is 0 Å². The van der Waals surface area contributed by atoms with E-state index in [1.807, 2.05) is 54.6 Å². The Kier molecular flexibility index (Phi) is 6.01. The second-order valence-corrected chi connectivity index (χ2v) is 6.67. The van der Waals surface area contributed by atoms with Crippen LogP contribution in [0.3, 0.4) is 0 Å². The molecule has 0 unspecified atom stereocenters. The molecule has 2 aromatic carbocycles.